The zero-order chi connectivity index (χ0) is 13.9. The van der Waals surface area contributed by atoms with Gasteiger partial charge in [-0.2, -0.15) is 0 Å². The summed E-state index contributed by atoms with van der Waals surface area (Å²) in [7, 11) is 0. The fraction of sp³-hybridized carbons (Fsp3) is 0.571. The molecule has 0 aromatic carbocycles. The molecule has 4 rings (SSSR count). The maximum atomic E-state index is 12.4. The van der Waals surface area contributed by atoms with Crippen molar-refractivity contribution in [2.75, 3.05) is 0 Å². The van der Waals surface area contributed by atoms with Crippen molar-refractivity contribution < 1.29 is 18.7 Å². The monoisotopic (exact) mass is 339 g/mol. The van der Waals surface area contributed by atoms with Crippen molar-refractivity contribution in [2.24, 2.45) is 23.7 Å². The first kappa shape index (κ1) is 12.4. The summed E-state index contributed by atoms with van der Waals surface area (Å²) in [5, 5.41) is 2.87. The molecule has 2 saturated carbocycles. The van der Waals surface area contributed by atoms with Crippen LogP contribution >= 0.6 is 15.9 Å². The summed E-state index contributed by atoms with van der Waals surface area (Å²) in [6.45, 7) is 0.359. The van der Waals surface area contributed by atoms with Gasteiger partial charge in [0.15, 0.2) is 0 Å². The Kier molecular flexibility index (Phi) is 2.70. The number of fused-ring (bicyclic) bond motifs is 1. The molecule has 2 heterocycles. The van der Waals surface area contributed by atoms with Crippen molar-refractivity contribution in [3.63, 3.8) is 0 Å². The van der Waals surface area contributed by atoms with E-state index in [-0.39, 0.29) is 46.5 Å². The molecule has 20 heavy (non-hydrogen) atoms. The van der Waals surface area contributed by atoms with Crippen LogP contribution in [0.15, 0.2) is 22.8 Å². The predicted octanol–water partition coefficient (Wildman–Crippen LogP) is 1.47. The Morgan fingerprint density at radius 3 is 3.05 bits per heavy atom. The van der Waals surface area contributed by atoms with Gasteiger partial charge in [0.1, 0.15) is 11.9 Å². The third-order valence-electron chi connectivity index (χ3n) is 4.84. The largest absolute Gasteiger partial charge is 0.467 e. The summed E-state index contributed by atoms with van der Waals surface area (Å²) in [5.41, 5.74) is 0. The Morgan fingerprint density at radius 1 is 1.45 bits per heavy atom. The van der Waals surface area contributed by atoms with E-state index in [4.69, 9.17) is 9.15 Å². The van der Waals surface area contributed by atoms with E-state index in [0.717, 1.165) is 6.42 Å². The SMILES string of the molecule is O=C(NCc1ccco1)[C@@H]1[C@H]2C[C@H]3[C@H](OC(=O)[C@H]31)[C@@H]2Br. The molecular formula is C14H14BrNO4. The van der Waals surface area contributed by atoms with Gasteiger partial charge in [0.2, 0.25) is 5.91 Å². The molecule has 0 unspecified atom stereocenters. The van der Waals surface area contributed by atoms with E-state index in [9.17, 15) is 9.59 Å². The van der Waals surface area contributed by atoms with Crippen LogP contribution < -0.4 is 5.32 Å². The molecule has 2 aliphatic carbocycles. The van der Waals surface area contributed by atoms with Crippen LogP contribution in [0.2, 0.25) is 0 Å². The lowest BCUT2D eigenvalue weighted by Crippen LogP contribution is -2.43. The third kappa shape index (κ3) is 1.60. The standard InChI is InChI=1S/C14H14BrNO4/c15-11-7-4-8-10(14(18)20-12(8)11)9(7)13(17)16-5-6-2-1-3-19-6/h1-3,7-12H,4-5H2,(H,16,17)/t7-,8-,9-,10-,11-,12+/m1/s1. The van der Waals surface area contributed by atoms with E-state index in [0.29, 0.717) is 12.3 Å². The van der Waals surface area contributed by atoms with Crippen molar-refractivity contribution in [1.82, 2.24) is 5.32 Å². The Bertz CT molecular complexity index is 558. The third-order valence-corrected chi connectivity index (χ3v) is 6.04. The number of hydrogen-bond acceptors (Lipinski definition) is 4. The molecular weight excluding hydrogens is 326 g/mol. The zero-order valence-corrected chi connectivity index (χ0v) is 12.2. The molecule has 1 aliphatic heterocycles. The fourth-order valence-corrected chi connectivity index (χ4v) is 5.08. The van der Waals surface area contributed by atoms with Crippen LogP contribution in [0.5, 0.6) is 0 Å². The molecule has 6 atom stereocenters. The molecule has 3 aliphatic rings. The quantitative estimate of drug-likeness (QED) is 0.668. The summed E-state index contributed by atoms with van der Waals surface area (Å²) in [5.74, 6) is 0.308. The number of alkyl halides is 1. The van der Waals surface area contributed by atoms with Gasteiger partial charge >= 0.3 is 5.97 Å². The van der Waals surface area contributed by atoms with Gasteiger partial charge in [-0.05, 0) is 24.5 Å². The summed E-state index contributed by atoms with van der Waals surface area (Å²) in [6, 6.07) is 3.60. The van der Waals surface area contributed by atoms with Gasteiger partial charge in [-0.25, -0.2) is 0 Å². The molecule has 6 heteroatoms. The second-order valence-electron chi connectivity index (χ2n) is 5.76. The topological polar surface area (TPSA) is 68.5 Å². The van der Waals surface area contributed by atoms with Crippen LogP contribution in [0, 0.1) is 23.7 Å². The van der Waals surface area contributed by atoms with E-state index >= 15 is 0 Å². The Labute approximate surface area is 124 Å². The molecule has 1 amide bonds. The number of carbonyl (C=O) groups is 2. The highest BCUT2D eigenvalue weighted by molar-refractivity contribution is 9.09. The zero-order valence-electron chi connectivity index (χ0n) is 10.6. The van der Waals surface area contributed by atoms with Gasteiger partial charge in [-0.3, -0.25) is 9.59 Å². The van der Waals surface area contributed by atoms with Crippen molar-refractivity contribution in [3.8, 4) is 0 Å². The highest BCUT2D eigenvalue weighted by Gasteiger charge is 2.67. The summed E-state index contributed by atoms with van der Waals surface area (Å²) >= 11 is 3.60. The Balaban J connectivity index is 1.51. The van der Waals surface area contributed by atoms with Gasteiger partial charge in [-0.15, -0.1) is 0 Å². The number of amides is 1. The summed E-state index contributed by atoms with van der Waals surface area (Å²) in [4.78, 5) is 24.5. The lowest BCUT2D eigenvalue weighted by Gasteiger charge is -2.27. The van der Waals surface area contributed by atoms with Crippen LogP contribution in [0.4, 0.5) is 0 Å². The highest BCUT2D eigenvalue weighted by atomic mass is 79.9. The number of halogens is 1. The van der Waals surface area contributed by atoms with Crippen LogP contribution in [0.3, 0.4) is 0 Å². The summed E-state index contributed by atoms with van der Waals surface area (Å²) < 4.78 is 10.6. The Morgan fingerprint density at radius 2 is 2.30 bits per heavy atom. The van der Waals surface area contributed by atoms with E-state index in [2.05, 4.69) is 21.2 Å². The summed E-state index contributed by atoms with van der Waals surface area (Å²) in [6.07, 6.45) is 2.44. The number of rotatable bonds is 3. The highest BCUT2D eigenvalue weighted by Crippen LogP contribution is 2.59. The van der Waals surface area contributed by atoms with Gasteiger partial charge in [0, 0.05) is 5.92 Å². The Hall–Kier alpha value is -1.30. The van der Waals surface area contributed by atoms with Crippen LogP contribution in [0.25, 0.3) is 0 Å². The van der Waals surface area contributed by atoms with Gasteiger partial charge < -0.3 is 14.5 Å². The smallest absolute Gasteiger partial charge is 0.310 e. The lowest BCUT2D eigenvalue weighted by atomic mass is 9.79. The minimum atomic E-state index is -0.273. The predicted molar refractivity (Wildman–Crippen MR) is 71.7 cm³/mol. The first-order valence-electron chi connectivity index (χ1n) is 6.81. The molecule has 106 valence electrons. The van der Waals surface area contributed by atoms with Crippen molar-refractivity contribution in [3.05, 3.63) is 24.2 Å². The molecule has 5 nitrogen and oxygen atoms in total. The molecule has 1 N–H and O–H groups in total. The van der Waals surface area contributed by atoms with Gasteiger partial charge in [-0.1, -0.05) is 15.9 Å². The number of ether oxygens (including phenoxy) is 1. The number of nitrogens with one attached hydrogen (secondary N) is 1. The van der Waals surface area contributed by atoms with E-state index < -0.39 is 0 Å². The first-order valence-corrected chi connectivity index (χ1v) is 7.73. The van der Waals surface area contributed by atoms with Crippen molar-refractivity contribution in [1.29, 1.82) is 0 Å². The molecule has 1 aromatic heterocycles. The van der Waals surface area contributed by atoms with Crippen molar-refractivity contribution in [2.45, 2.75) is 23.9 Å². The second-order valence-corrected chi connectivity index (χ2v) is 6.82. The minimum absolute atomic E-state index is 0.0355. The maximum absolute atomic E-state index is 12.4. The van der Waals surface area contributed by atoms with Gasteiger partial charge in [0.05, 0.1) is 29.5 Å². The number of esters is 1. The van der Waals surface area contributed by atoms with Crippen LogP contribution in [0.1, 0.15) is 12.2 Å². The van der Waals surface area contributed by atoms with Crippen LogP contribution in [-0.4, -0.2) is 22.8 Å². The molecule has 1 saturated heterocycles. The number of hydrogen-bond donors (Lipinski definition) is 1. The van der Waals surface area contributed by atoms with E-state index in [1.807, 2.05) is 6.07 Å². The number of carbonyl (C=O) groups excluding carboxylic acids is 2. The van der Waals surface area contributed by atoms with E-state index in [1.165, 1.54) is 0 Å². The molecule has 2 bridgehead atoms. The van der Waals surface area contributed by atoms with Crippen LogP contribution in [-0.2, 0) is 20.9 Å². The average molecular weight is 340 g/mol. The first-order chi connectivity index (χ1) is 9.66. The maximum Gasteiger partial charge on any atom is 0.310 e. The molecule has 3 fully saturated rings. The molecule has 0 spiro atoms. The lowest BCUT2D eigenvalue weighted by molar-refractivity contribution is -0.145. The normalized spacial score (nSPS) is 41.0. The van der Waals surface area contributed by atoms with Crippen molar-refractivity contribution >= 4 is 27.8 Å². The van der Waals surface area contributed by atoms with E-state index in [1.54, 1.807) is 12.3 Å². The fourth-order valence-electron chi connectivity index (χ4n) is 4.04. The average Bonchev–Trinajstić information content (AvgIpc) is 3.14. The minimum Gasteiger partial charge on any atom is -0.467 e. The molecule has 0 radical (unpaired) electrons. The number of furan rings is 1. The second kappa shape index (κ2) is 4.35. The van der Waals surface area contributed by atoms with Gasteiger partial charge in [0.25, 0.3) is 0 Å². The molecule has 1 aromatic rings.